The van der Waals surface area contributed by atoms with Crippen LogP contribution in [0.15, 0.2) is 0 Å². The van der Waals surface area contributed by atoms with E-state index in [9.17, 15) is 0 Å². The molecule has 52 valence electrons. The number of rotatable bonds is 1. The summed E-state index contributed by atoms with van der Waals surface area (Å²) < 4.78 is 0. The Bertz CT molecular complexity index is 90.7. The van der Waals surface area contributed by atoms with Crippen LogP contribution in [-0.4, -0.2) is 8.80 Å². The predicted molar refractivity (Wildman–Crippen MR) is 43.6 cm³/mol. The van der Waals surface area contributed by atoms with Crippen molar-refractivity contribution in [2.75, 3.05) is 0 Å². The molecular formula is C8H16Si. The Morgan fingerprint density at radius 1 is 0.889 bits per heavy atom. The molecule has 1 aliphatic heterocycles. The molecule has 2 aliphatic rings. The summed E-state index contributed by atoms with van der Waals surface area (Å²) in [7, 11) is -0.0532. The minimum absolute atomic E-state index is 0.0532. The lowest BCUT2D eigenvalue weighted by molar-refractivity contribution is 0.783. The summed E-state index contributed by atoms with van der Waals surface area (Å²) in [5.41, 5.74) is 1.30. The normalized spacial score (nSPS) is 30.7. The Labute approximate surface area is 59.3 Å². The highest BCUT2D eigenvalue weighted by Gasteiger charge is 2.30. The van der Waals surface area contributed by atoms with Gasteiger partial charge in [0.15, 0.2) is 0 Å². The van der Waals surface area contributed by atoms with E-state index in [4.69, 9.17) is 0 Å². The molecule has 0 aromatic rings. The summed E-state index contributed by atoms with van der Waals surface area (Å²) in [6, 6.07) is 3.40. The van der Waals surface area contributed by atoms with E-state index in [0.29, 0.717) is 0 Å². The summed E-state index contributed by atoms with van der Waals surface area (Å²) in [5.74, 6) is 0. The zero-order valence-corrected chi connectivity index (χ0v) is 7.26. The summed E-state index contributed by atoms with van der Waals surface area (Å²) in [4.78, 5) is 0. The molecule has 1 aliphatic carbocycles. The third-order valence-electron chi connectivity index (χ3n) is 3.22. The molecule has 0 atom stereocenters. The molecule has 1 saturated heterocycles. The van der Waals surface area contributed by atoms with Crippen LogP contribution in [0, 0.1) is 0 Å². The van der Waals surface area contributed by atoms with Crippen LogP contribution in [0.5, 0.6) is 0 Å². The first kappa shape index (κ1) is 5.96. The molecule has 2 rings (SSSR count). The summed E-state index contributed by atoms with van der Waals surface area (Å²) in [6.07, 6.45) is 7.96. The highest BCUT2D eigenvalue weighted by atomic mass is 28.3. The minimum Gasteiger partial charge on any atom is -0.0600 e. The molecule has 1 heteroatoms. The van der Waals surface area contributed by atoms with Gasteiger partial charge in [-0.2, -0.15) is 0 Å². The average Bonchev–Trinajstić information content (AvgIpc) is 2.11. The average molecular weight is 140 g/mol. The smallest absolute Gasteiger partial charge is 0.0398 e. The molecule has 0 amide bonds. The molecule has 0 nitrogen and oxygen atoms in total. The lowest BCUT2D eigenvalue weighted by Crippen LogP contribution is -2.26. The molecule has 0 radical (unpaired) electrons. The van der Waals surface area contributed by atoms with E-state index < -0.39 is 0 Å². The van der Waals surface area contributed by atoms with Crippen molar-refractivity contribution in [3.63, 3.8) is 0 Å². The van der Waals surface area contributed by atoms with Gasteiger partial charge in [0.05, 0.1) is 0 Å². The predicted octanol–water partition coefficient (Wildman–Crippen LogP) is 2.56. The number of hydrogen-bond donors (Lipinski definition) is 0. The molecule has 1 heterocycles. The zero-order chi connectivity index (χ0) is 6.10. The molecule has 2 fully saturated rings. The zero-order valence-electron chi connectivity index (χ0n) is 6.10. The van der Waals surface area contributed by atoms with Gasteiger partial charge in [-0.1, -0.05) is 44.2 Å². The largest absolute Gasteiger partial charge is 0.0600 e. The van der Waals surface area contributed by atoms with Crippen LogP contribution < -0.4 is 0 Å². The van der Waals surface area contributed by atoms with Gasteiger partial charge in [-0.15, -0.1) is 0 Å². The van der Waals surface area contributed by atoms with E-state index >= 15 is 0 Å². The maximum absolute atomic E-state index is 1.70. The Balaban J connectivity index is 1.82. The minimum atomic E-state index is -0.0532. The van der Waals surface area contributed by atoms with Crippen molar-refractivity contribution in [2.45, 2.75) is 49.7 Å². The summed E-state index contributed by atoms with van der Waals surface area (Å²) >= 11 is 0. The highest BCUT2D eigenvalue weighted by molar-refractivity contribution is 6.63. The van der Waals surface area contributed by atoms with E-state index in [0.717, 1.165) is 0 Å². The fraction of sp³-hybridized carbons (Fsp3) is 1.00. The van der Waals surface area contributed by atoms with E-state index in [2.05, 4.69) is 0 Å². The lowest BCUT2D eigenvalue weighted by Gasteiger charge is -2.29. The number of hydrogen-bond acceptors (Lipinski definition) is 0. The second kappa shape index (κ2) is 2.45. The maximum atomic E-state index is 1.70. The molecule has 0 unspecified atom stereocenters. The third kappa shape index (κ3) is 1.07. The van der Waals surface area contributed by atoms with Gasteiger partial charge in [-0.25, -0.2) is 0 Å². The van der Waals surface area contributed by atoms with Gasteiger partial charge in [0.2, 0.25) is 0 Å². The van der Waals surface area contributed by atoms with Gasteiger partial charge in [0.1, 0.15) is 0 Å². The molecule has 1 saturated carbocycles. The van der Waals surface area contributed by atoms with Gasteiger partial charge in [0, 0.05) is 8.80 Å². The molecule has 0 spiro atoms. The van der Waals surface area contributed by atoms with Crippen LogP contribution in [0.25, 0.3) is 0 Å². The SMILES string of the molecule is C1CCC([SiH]2CCC2)C1. The van der Waals surface area contributed by atoms with Crippen LogP contribution in [0.3, 0.4) is 0 Å². The standard InChI is InChI=1S/C8H16Si/c1-2-5-8(4-1)9-6-3-7-9/h8-9H,1-7H2. The Morgan fingerprint density at radius 3 is 2.00 bits per heavy atom. The fourth-order valence-corrected chi connectivity index (χ4v) is 5.58. The maximum Gasteiger partial charge on any atom is 0.0398 e. The van der Waals surface area contributed by atoms with Crippen LogP contribution >= 0.6 is 0 Å². The molecule has 0 bridgehead atoms. The molecule has 0 N–H and O–H groups in total. The Kier molecular flexibility index (Phi) is 1.62. The molecule has 9 heavy (non-hydrogen) atoms. The van der Waals surface area contributed by atoms with Gasteiger partial charge in [-0.05, 0) is 5.54 Å². The van der Waals surface area contributed by atoms with Crippen LogP contribution in [-0.2, 0) is 0 Å². The second-order valence-corrected chi connectivity index (χ2v) is 7.35. The molecule has 0 aromatic heterocycles. The molecule has 0 aromatic carbocycles. The van der Waals surface area contributed by atoms with E-state index in [1.54, 1.807) is 44.2 Å². The topological polar surface area (TPSA) is 0 Å². The van der Waals surface area contributed by atoms with Crippen molar-refractivity contribution in [3.8, 4) is 0 Å². The van der Waals surface area contributed by atoms with Crippen molar-refractivity contribution in [2.24, 2.45) is 0 Å². The first-order valence-electron chi connectivity index (χ1n) is 4.47. The van der Waals surface area contributed by atoms with E-state index in [1.165, 1.54) is 5.54 Å². The lowest BCUT2D eigenvalue weighted by atomic mass is 10.4. The highest BCUT2D eigenvalue weighted by Crippen LogP contribution is 2.40. The van der Waals surface area contributed by atoms with E-state index in [-0.39, 0.29) is 8.80 Å². The second-order valence-electron chi connectivity index (χ2n) is 3.74. The monoisotopic (exact) mass is 140 g/mol. The van der Waals surface area contributed by atoms with Crippen LogP contribution in [0.2, 0.25) is 17.6 Å². The van der Waals surface area contributed by atoms with Crippen LogP contribution in [0.1, 0.15) is 32.1 Å². The summed E-state index contributed by atoms with van der Waals surface area (Å²) in [6.45, 7) is 0. The first-order chi connectivity index (χ1) is 4.47. The van der Waals surface area contributed by atoms with Crippen LogP contribution in [0.4, 0.5) is 0 Å². The molecular weight excluding hydrogens is 124 g/mol. The Hall–Kier alpha value is 0.217. The van der Waals surface area contributed by atoms with Crippen molar-refractivity contribution >= 4 is 8.80 Å². The van der Waals surface area contributed by atoms with Crippen molar-refractivity contribution in [1.29, 1.82) is 0 Å². The van der Waals surface area contributed by atoms with Gasteiger partial charge < -0.3 is 0 Å². The first-order valence-corrected chi connectivity index (χ1v) is 6.77. The quantitative estimate of drug-likeness (QED) is 0.491. The van der Waals surface area contributed by atoms with E-state index in [1.807, 2.05) is 0 Å². The fourth-order valence-electron chi connectivity index (χ4n) is 2.34. The third-order valence-corrected chi connectivity index (χ3v) is 7.52. The van der Waals surface area contributed by atoms with Crippen molar-refractivity contribution in [1.82, 2.24) is 0 Å². The van der Waals surface area contributed by atoms with Gasteiger partial charge >= 0.3 is 0 Å². The van der Waals surface area contributed by atoms with Crippen molar-refractivity contribution < 1.29 is 0 Å². The van der Waals surface area contributed by atoms with Crippen molar-refractivity contribution in [3.05, 3.63) is 0 Å². The van der Waals surface area contributed by atoms with Gasteiger partial charge in [-0.3, -0.25) is 0 Å². The Morgan fingerprint density at radius 2 is 1.56 bits per heavy atom. The van der Waals surface area contributed by atoms with Gasteiger partial charge in [0.25, 0.3) is 0 Å². The summed E-state index contributed by atoms with van der Waals surface area (Å²) in [5, 5.41) is 0.